The highest BCUT2D eigenvalue weighted by molar-refractivity contribution is 6.42. The summed E-state index contributed by atoms with van der Waals surface area (Å²) in [5, 5.41) is 4.90. The predicted molar refractivity (Wildman–Crippen MR) is 86.2 cm³/mol. The van der Waals surface area contributed by atoms with Crippen LogP contribution in [0, 0.1) is 0 Å². The summed E-state index contributed by atoms with van der Waals surface area (Å²) >= 11 is 12.3. The van der Waals surface area contributed by atoms with Gasteiger partial charge in [-0.25, -0.2) is 0 Å². The topological polar surface area (TPSA) is 12.0 Å². The molecular weight excluding hydrogens is 277 g/mol. The molecule has 0 saturated carbocycles. The van der Waals surface area contributed by atoms with E-state index in [1.807, 2.05) is 18.2 Å². The molecule has 1 nitrogen and oxygen atoms in total. The van der Waals surface area contributed by atoms with Crippen molar-refractivity contribution in [2.75, 3.05) is 0 Å². The normalized spacial score (nSPS) is 14.4. The molecule has 0 saturated heterocycles. The monoisotopic (exact) mass is 301 g/mol. The molecule has 1 aromatic rings. The van der Waals surface area contributed by atoms with Gasteiger partial charge in [-0.2, -0.15) is 0 Å². The Morgan fingerprint density at radius 3 is 2.53 bits per heavy atom. The van der Waals surface area contributed by atoms with Gasteiger partial charge >= 0.3 is 0 Å². The molecule has 3 heteroatoms. The Balaban J connectivity index is 2.45. The molecule has 0 spiro atoms. The molecule has 2 atom stereocenters. The molecule has 0 bridgehead atoms. The third-order valence-electron chi connectivity index (χ3n) is 3.47. The summed E-state index contributed by atoms with van der Waals surface area (Å²) in [7, 11) is 0. The van der Waals surface area contributed by atoms with Crippen molar-refractivity contribution in [3.05, 3.63) is 33.8 Å². The fraction of sp³-hybridized carbons (Fsp3) is 0.625. The predicted octanol–water partition coefficient (Wildman–Crippen LogP) is 6.00. The first-order valence-electron chi connectivity index (χ1n) is 7.26. The van der Waals surface area contributed by atoms with Crippen molar-refractivity contribution in [2.24, 2.45) is 0 Å². The summed E-state index contributed by atoms with van der Waals surface area (Å²) in [6, 6.07) is 6.55. The number of rotatable bonds is 8. The van der Waals surface area contributed by atoms with E-state index in [0.29, 0.717) is 16.1 Å². The Kier molecular flexibility index (Phi) is 7.82. The van der Waals surface area contributed by atoms with Crippen LogP contribution in [0.2, 0.25) is 10.0 Å². The summed E-state index contributed by atoms with van der Waals surface area (Å²) in [5.41, 5.74) is 1.08. The van der Waals surface area contributed by atoms with Gasteiger partial charge in [0.1, 0.15) is 0 Å². The molecule has 0 heterocycles. The summed E-state index contributed by atoms with van der Waals surface area (Å²) in [6.45, 7) is 6.62. The van der Waals surface area contributed by atoms with Crippen LogP contribution in [0.25, 0.3) is 0 Å². The zero-order valence-corrected chi connectivity index (χ0v) is 13.7. The van der Waals surface area contributed by atoms with Crippen molar-refractivity contribution in [1.29, 1.82) is 0 Å². The number of halogens is 2. The molecular formula is C16H25Cl2N. The van der Waals surface area contributed by atoms with E-state index in [9.17, 15) is 0 Å². The van der Waals surface area contributed by atoms with E-state index in [-0.39, 0.29) is 6.04 Å². The summed E-state index contributed by atoms with van der Waals surface area (Å²) < 4.78 is 0. The Labute approximate surface area is 127 Å². The van der Waals surface area contributed by atoms with E-state index < -0.39 is 0 Å². The lowest BCUT2D eigenvalue weighted by Crippen LogP contribution is -2.29. The zero-order valence-electron chi connectivity index (χ0n) is 12.2. The van der Waals surface area contributed by atoms with Gasteiger partial charge in [-0.15, -0.1) is 0 Å². The first-order chi connectivity index (χ1) is 9.06. The van der Waals surface area contributed by atoms with Crippen LogP contribution >= 0.6 is 23.2 Å². The summed E-state index contributed by atoms with van der Waals surface area (Å²) in [4.78, 5) is 0. The van der Waals surface area contributed by atoms with Crippen molar-refractivity contribution >= 4 is 23.2 Å². The van der Waals surface area contributed by atoms with Gasteiger partial charge in [0.2, 0.25) is 0 Å². The Hall–Kier alpha value is -0.240. The van der Waals surface area contributed by atoms with Crippen molar-refractivity contribution in [3.8, 4) is 0 Å². The van der Waals surface area contributed by atoms with Gasteiger partial charge in [-0.05, 0) is 31.9 Å². The van der Waals surface area contributed by atoms with E-state index >= 15 is 0 Å². The number of hydrogen-bond acceptors (Lipinski definition) is 1. The lowest BCUT2D eigenvalue weighted by molar-refractivity contribution is 0.438. The van der Waals surface area contributed by atoms with Crippen LogP contribution in [0.4, 0.5) is 0 Å². The molecule has 0 aromatic heterocycles. The van der Waals surface area contributed by atoms with Crippen molar-refractivity contribution in [2.45, 2.75) is 65.0 Å². The number of benzene rings is 1. The molecule has 108 valence electrons. The van der Waals surface area contributed by atoms with Gasteiger partial charge in [0.15, 0.2) is 0 Å². The fourth-order valence-corrected chi connectivity index (χ4v) is 2.80. The first kappa shape index (κ1) is 16.8. The van der Waals surface area contributed by atoms with Crippen LogP contribution in [0.1, 0.15) is 64.5 Å². The third kappa shape index (κ3) is 5.72. The number of unbranched alkanes of at least 4 members (excludes halogenated alkanes) is 3. The van der Waals surface area contributed by atoms with Gasteiger partial charge in [0.05, 0.1) is 10.0 Å². The highest BCUT2D eigenvalue weighted by atomic mass is 35.5. The minimum Gasteiger partial charge on any atom is -0.308 e. The minimum absolute atomic E-state index is 0.229. The fourth-order valence-electron chi connectivity index (χ4n) is 2.33. The lowest BCUT2D eigenvalue weighted by atomic mass is 10.0. The van der Waals surface area contributed by atoms with Crippen LogP contribution in [-0.4, -0.2) is 6.04 Å². The van der Waals surface area contributed by atoms with E-state index in [1.165, 1.54) is 32.1 Å². The minimum atomic E-state index is 0.229. The molecule has 0 amide bonds. The maximum Gasteiger partial charge on any atom is 0.0639 e. The molecule has 2 unspecified atom stereocenters. The summed E-state index contributed by atoms with van der Waals surface area (Å²) in [5.74, 6) is 0. The third-order valence-corrected chi connectivity index (χ3v) is 4.31. The Bertz CT molecular complexity index is 379. The van der Waals surface area contributed by atoms with E-state index in [4.69, 9.17) is 23.2 Å². The smallest absolute Gasteiger partial charge is 0.0639 e. The second-order valence-corrected chi connectivity index (χ2v) is 6.07. The second kappa shape index (κ2) is 8.84. The van der Waals surface area contributed by atoms with Gasteiger partial charge in [0, 0.05) is 12.1 Å². The van der Waals surface area contributed by atoms with E-state index in [2.05, 4.69) is 26.1 Å². The van der Waals surface area contributed by atoms with Crippen molar-refractivity contribution < 1.29 is 0 Å². The lowest BCUT2D eigenvalue weighted by Gasteiger charge is -2.21. The zero-order chi connectivity index (χ0) is 14.3. The first-order valence-corrected chi connectivity index (χ1v) is 8.01. The molecule has 0 aliphatic rings. The maximum absolute atomic E-state index is 6.25. The molecule has 0 radical (unpaired) electrons. The quantitative estimate of drug-likeness (QED) is 0.580. The highest BCUT2D eigenvalue weighted by Gasteiger charge is 2.13. The standard InChI is InChI=1S/C16H25Cl2N/c1-4-5-6-7-9-12(2)19-13(3)14-10-8-11-15(17)16(14)18/h8,10-13,19H,4-7,9H2,1-3H3. The Morgan fingerprint density at radius 2 is 1.84 bits per heavy atom. The van der Waals surface area contributed by atoms with Crippen LogP contribution in [0.3, 0.4) is 0 Å². The van der Waals surface area contributed by atoms with Crippen LogP contribution in [0.15, 0.2) is 18.2 Å². The largest absolute Gasteiger partial charge is 0.308 e. The van der Waals surface area contributed by atoms with Crippen LogP contribution in [0.5, 0.6) is 0 Å². The number of nitrogens with one attached hydrogen (secondary N) is 1. The number of hydrogen-bond donors (Lipinski definition) is 1. The summed E-state index contributed by atoms with van der Waals surface area (Å²) in [6.07, 6.45) is 6.45. The Morgan fingerprint density at radius 1 is 1.11 bits per heavy atom. The van der Waals surface area contributed by atoms with Crippen molar-refractivity contribution in [3.63, 3.8) is 0 Å². The van der Waals surface area contributed by atoms with Crippen LogP contribution < -0.4 is 5.32 Å². The molecule has 1 rings (SSSR count). The molecule has 1 aromatic carbocycles. The second-order valence-electron chi connectivity index (χ2n) is 5.28. The van der Waals surface area contributed by atoms with Gasteiger partial charge in [0.25, 0.3) is 0 Å². The van der Waals surface area contributed by atoms with Gasteiger partial charge < -0.3 is 5.32 Å². The van der Waals surface area contributed by atoms with Gasteiger partial charge in [-0.3, -0.25) is 0 Å². The van der Waals surface area contributed by atoms with Gasteiger partial charge in [-0.1, -0.05) is 67.9 Å². The molecule has 0 aliphatic heterocycles. The molecule has 0 fully saturated rings. The van der Waals surface area contributed by atoms with Crippen LogP contribution in [-0.2, 0) is 0 Å². The molecule has 19 heavy (non-hydrogen) atoms. The maximum atomic E-state index is 6.25. The SMILES string of the molecule is CCCCCCC(C)NC(C)c1cccc(Cl)c1Cl. The van der Waals surface area contributed by atoms with E-state index in [0.717, 1.165) is 5.56 Å². The van der Waals surface area contributed by atoms with E-state index in [1.54, 1.807) is 0 Å². The molecule has 1 N–H and O–H groups in total. The molecule has 0 aliphatic carbocycles. The van der Waals surface area contributed by atoms with Crippen molar-refractivity contribution in [1.82, 2.24) is 5.32 Å². The highest BCUT2D eigenvalue weighted by Crippen LogP contribution is 2.30. The average molecular weight is 302 g/mol. The average Bonchev–Trinajstić information content (AvgIpc) is 2.38.